The minimum absolute atomic E-state index is 0.294. The van der Waals surface area contributed by atoms with Crippen molar-refractivity contribution in [2.45, 2.75) is 12.8 Å². The molecule has 0 spiro atoms. The van der Waals surface area contributed by atoms with Crippen LogP contribution >= 0.6 is 0 Å². The molecule has 24 heavy (non-hydrogen) atoms. The van der Waals surface area contributed by atoms with E-state index in [9.17, 15) is 9.59 Å². The Balaban J connectivity index is 1.46. The Morgan fingerprint density at radius 1 is 1.25 bits per heavy atom. The van der Waals surface area contributed by atoms with Gasteiger partial charge in [-0.25, -0.2) is 4.79 Å². The normalized spacial score (nSPS) is 13.8. The first kappa shape index (κ1) is 16.0. The zero-order chi connectivity index (χ0) is 16.8. The van der Waals surface area contributed by atoms with Gasteiger partial charge >= 0.3 is 5.63 Å². The molecule has 1 aliphatic rings. The van der Waals surface area contributed by atoms with E-state index in [0.717, 1.165) is 25.0 Å². The van der Waals surface area contributed by atoms with Gasteiger partial charge in [-0.3, -0.25) is 4.79 Å². The highest BCUT2D eigenvalue weighted by atomic mass is 16.4. The Kier molecular flexibility index (Phi) is 5.05. The summed E-state index contributed by atoms with van der Waals surface area (Å²) in [5.41, 5.74) is 0.892. The number of anilines is 2. The van der Waals surface area contributed by atoms with Gasteiger partial charge in [-0.2, -0.15) is 5.10 Å². The van der Waals surface area contributed by atoms with Crippen LogP contribution in [0.2, 0.25) is 0 Å². The molecule has 2 aromatic heterocycles. The van der Waals surface area contributed by atoms with Crippen LogP contribution in [-0.2, 0) is 0 Å². The van der Waals surface area contributed by atoms with Crippen LogP contribution in [0.15, 0.2) is 39.9 Å². The van der Waals surface area contributed by atoms with Crippen molar-refractivity contribution in [2.24, 2.45) is 0 Å². The molecule has 1 fully saturated rings. The zero-order valence-electron chi connectivity index (χ0n) is 13.2. The molecule has 3 heterocycles. The summed E-state index contributed by atoms with van der Waals surface area (Å²) in [4.78, 5) is 25.0. The smallest absolute Gasteiger partial charge is 0.335 e. The predicted molar refractivity (Wildman–Crippen MR) is 89.3 cm³/mol. The third kappa shape index (κ3) is 4.09. The van der Waals surface area contributed by atoms with E-state index in [1.807, 2.05) is 6.07 Å². The van der Waals surface area contributed by atoms with Crippen molar-refractivity contribution in [3.63, 3.8) is 0 Å². The fraction of sp³-hybridized carbons (Fsp3) is 0.375. The molecule has 0 unspecified atom stereocenters. The summed E-state index contributed by atoms with van der Waals surface area (Å²) >= 11 is 0. The van der Waals surface area contributed by atoms with Crippen molar-refractivity contribution >= 4 is 17.4 Å². The number of nitrogens with zero attached hydrogens (tertiary/aromatic N) is 3. The highest BCUT2D eigenvalue weighted by molar-refractivity contribution is 5.93. The lowest BCUT2D eigenvalue weighted by atomic mass is 10.3. The fourth-order valence-electron chi connectivity index (χ4n) is 2.55. The van der Waals surface area contributed by atoms with Gasteiger partial charge in [-0.1, -0.05) is 0 Å². The van der Waals surface area contributed by atoms with E-state index in [0.29, 0.717) is 24.5 Å². The van der Waals surface area contributed by atoms with Gasteiger partial charge < -0.3 is 20.0 Å². The predicted octanol–water partition coefficient (Wildman–Crippen LogP) is 0.872. The fourth-order valence-corrected chi connectivity index (χ4v) is 2.55. The molecule has 126 valence electrons. The second-order valence-corrected chi connectivity index (χ2v) is 5.52. The summed E-state index contributed by atoms with van der Waals surface area (Å²) in [6, 6.07) is 4.61. The van der Waals surface area contributed by atoms with Gasteiger partial charge in [-0.05, 0) is 18.9 Å². The molecule has 2 N–H and O–H groups in total. The van der Waals surface area contributed by atoms with Crippen LogP contribution in [0.5, 0.6) is 0 Å². The highest BCUT2D eigenvalue weighted by Crippen LogP contribution is 2.20. The van der Waals surface area contributed by atoms with E-state index >= 15 is 0 Å². The lowest BCUT2D eigenvalue weighted by molar-refractivity contribution is 0.0952. The van der Waals surface area contributed by atoms with Crippen LogP contribution in [-0.4, -0.2) is 42.3 Å². The lowest BCUT2D eigenvalue weighted by Crippen LogP contribution is -2.29. The molecular formula is C16H19N5O3. The van der Waals surface area contributed by atoms with Crippen LogP contribution in [0, 0.1) is 0 Å². The van der Waals surface area contributed by atoms with E-state index < -0.39 is 5.63 Å². The van der Waals surface area contributed by atoms with E-state index in [2.05, 4.69) is 30.1 Å². The van der Waals surface area contributed by atoms with E-state index in [4.69, 9.17) is 0 Å². The van der Waals surface area contributed by atoms with Crippen molar-refractivity contribution in [3.05, 3.63) is 46.6 Å². The van der Waals surface area contributed by atoms with Gasteiger partial charge in [0.05, 0.1) is 17.4 Å². The maximum absolute atomic E-state index is 11.9. The first-order chi connectivity index (χ1) is 11.7. The van der Waals surface area contributed by atoms with E-state index in [-0.39, 0.29) is 5.91 Å². The third-order valence-electron chi connectivity index (χ3n) is 3.79. The van der Waals surface area contributed by atoms with Gasteiger partial charge in [0.25, 0.3) is 5.91 Å². The molecule has 1 amide bonds. The molecule has 2 aromatic rings. The zero-order valence-corrected chi connectivity index (χ0v) is 13.2. The lowest BCUT2D eigenvalue weighted by Gasteiger charge is -2.17. The average Bonchev–Trinajstić information content (AvgIpc) is 3.14. The first-order valence-corrected chi connectivity index (χ1v) is 7.91. The van der Waals surface area contributed by atoms with Crippen LogP contribution in [0.25, 0.3) is 0 Å². The van der Waals surface area contributed by atoms with Gasteiger partial charge in [0, 0.05) is 38.3 Å². The quantitative estimate of drug-likeness (QED) is 0.759. The van der Waals surface area contributed by atoms with Crippen molar-refractivity contribution in [3.8, 4) is 0 Å². The minimum atomic E-state index is -0.482. The van der Waals surface area contributed by atoms with Crippen LogP contribution in [0.4, 0.5) is 11.5 Å². The number of hydrogen-bond donors (Lipinski definition) is 2. The molecule has 0 saturated carbocycles. The molecule has 1 aliphatic heterocycles. The summed E-state index contributed by atoms with van der Waals surface area (Å²) in [5, 5.41) is 13.9. The van der Waals surface area contributed by atoms with Crippen molar-refractivity contribution in [1.82, 2.24) is 15.5 Å². The Morgan fingerprint density at radius 3 is 2.83 bits per heavy atom. The number of rotatable bonds is 6. The maximum atomic E-state index is 11.9. The van der Waals surface area contributed by atoms with Crippen molar-refractivity contribution in [2.75, 3.05) is 36.4 Å². The number of amides is 1. The maximum Gasteiger partial charge on any atom is 0.335 e. The second-order valence-electron chi connectivity index (χ2n) is 5.52. The van der Waals surface area contributed by atoms with Gasteiger partial charge in [0.1, 0.15) is 6.26 Å². The standard InChI is InChI=1S/C16H19N5O3/c22-15-4-3-12(11-24-15)16(23)18-6-5-17-14-9-13(10-19-20-14)21-7-1-2-8-21/h3-4,9-11H,1-2,5-8H2,(H,17,20)(H,18,23). The van der Waals surface area contributed by atoms with Crippen molar-refractivity contribution in [1.29, 1.82) is 0 Å². The summed E-state index contributed by atoms with van der Waals surface area (Å²) in [6.45, 7) is 3.02. The van der Waals surface area contributed by atoms with Gasteiger partial charge in [0.2, 0.25) is 0 Å². The molecule has 0 aromatic carbocycles. The highest BCUT2D eigenvalue weighted by Gasteiger charge is 2.13. The Hall–Kier alpha value is -2.90. The summed E-state index contributed by atoms with van der Waals surface area (Å²) in [6.07, 6.45) is 5.32. The van der Waals surface area contributed by atoms with Gasteiger partial charge in [0.15, 0.2) is 5.82 Å². The Bertz CT molecular complexity index is 735. The third-order valence-corrected chi connectivity index (χ3v) is 3.79. The van der Waals surface area contributed by atoms with Crippen LogP contribution in [0.1, 0.15) is 23.2 Å². The number of carbonyl (C=O) groups is 1. The van der Waals surface area contributed by atoms with Crippen LogP contribution < -0.4 is 21.2 Å². The molecule has 1 saturated heterocycles. The molecule has 0 atom stereocenters. The molecule has 8 nitrogen and oxygen atoms in total. The van der Waals surface area contributed by atoms with E-state index in [1.54, 1.807) is 6.20 Å². The number of nitrogens with one attached hydrogen (secondary N) is 2. The molecule has 3 rings (SSSR count). The summed E-state index contributed by atoms with van der Waals surface area (Å²) < 4.78 is 4.66. The number of carbonyl (C=O) groups excluding carboxylic acids is 1. The second kappa shape index (κ2) is 7.58. The molecule has 8 heteroatoms. The summed E-state index contributed by atoms with van der Waals surface area (Å²) in [7, 11) is 0. The Labute approximate surface area is 138 Å². The van der Waals surface area contributed by atoms with Gasteiger partial charge in [-0.15, -0.1) is 5.10 Å². The first-order valence-electron chi connectivity index (χ1n) is 7.91. The SMILES string of the molecule is O=C(NCCNc1cc(N2CCCC2)cnn1)c1ccc(=O)oc1. The average molecular weight is 329 g/mol. The molecule has 0 aliphatic carbocycles. The number of hydrogen-bond acceptors (Lipinski definition) is 7. The molecule has 0 radical (unpaired) electrons. The number of aromatic nitrogens is 2. The summed E-state index contributed by atoms with van der Waals surface area (Å²) in [5.74, 6) is 0.386. The monoisotopic (exact) mass is 329 g/mol. The largest absolute Gasteiger partial charge is 0.430 e. The minimum Gasteiger partial charge on any atom is -0.430 e. The van der Waals surface area contributed by atoms with Crippen LogP contribution in [0.3, 0.4) is 0 Å². The topological polar surface area (TPSA) is 100 Å². The Morgan fingerprint density at radius 2 is 2.08 bits per heavy atom. The van der Waals surface area contributed by atoms with E-state index in [1.165, 1.54) is 25.0 Å². The molecular weight excluding hydrogens is 310 g/mol. The molecule has 0 bridgehead atoms. The van der Waals surface area contributed by atoms with Crippen molar-refractivity contribution < 1.29 is 9.21 Å².